The van der Waals surface area contributed by atoms with Crippen molar-refractivity contribution >= 4 is 50.7 Å². The van der Waals surface area contributed by atoms with Crippen LogP contribution in [0.1, 0.15) is 42.5 Å². The van der Waals surface area contributed by atoms with Gasteiger partial charge < -0.3 is 15.8 Å². The normalized spacial score (nSPS) is 11.6. The van der Waals surface area contributed by atoms with E-state index in [4.69, 9.17) is 22.1 Å². The summed E-state index contributed by atoms with van der Waals surface area (Å²) in [6.07, 6.45) is -3.22. The number of aromatic nitrogens is 3. The highest BCUT2D eigenvalue weighted by molar-refractivity contribution is 7.21. The number of anilines is 1. The molecule has 3 N–H and O–H groups in total. The summed E-state index contributed by atoms with van der Waals surface area (Å²) in [4.78, 5) is 29.2. The van der Waals surface area contributed by atoms with E-state index in [1.807, 2.05) is 20.8 Å². The van der Waals surface area contributed by atoms with Crippen LogP contribution in [0.2, 0.25) is 5.02 Å². The molecule has 0 aliphatic rings. The number of rotatable bonds is 7. The molecule has 0 saturated heterocycles. The van der Waals surface area contributed by atoms with Crippen molar-refractivity contribution in [3.8, 4) is 16.9 Å². The van der Waals surface area contributed by atoms with E-state index in [0.717, 1.165) is 22.8 Å². The highest BCUT2D eigenvalue weighted by atomic mass is 35.5. The van der Waals surface area contributed by atoms with Gasteiger partial charge in [-0.1, -0.05) is 41.4 Å². The number of hydrogen-bond acceptors (Lipinski definition) is 6. The van der Waals surface area contributed by atoms with Gasteiger partial charge in [-0.25, -0.2) is 9.67 Å². The van der Waals surface area contributed by atoms with E-state index < -0.39 is 23.7 Å². The smallest absolute Gasteiger partial charge is 0.433 e. The van der Waals surface area contributed by atoms with Crippen LogP contribution in [-0.4, -0.2) is 26.6 Å². The number of thiophene rings is 1. The van der Waals surface area contributed by atoms with E-state index in [-0.39, 0.29) is 38.8 Å². The van der Waals surface area contributed by atoms with Gasteiger partial charge in [-0.05, 0) is 67.3 Å². The molecule has 5 rings (SSSR count). The second-order valence-electron chi connectivity index (χ2n) is 9.61. The van der Waals surface area contributed by atoms with Crippen molar-refractivity contribution in [2.24, 2.45) is 5.73 Å². The number of amides is 2. The Morgan fingerprint density at radius 3 is 2.36 bits per heavy atom. The molecular weight excluding hydrogens is 591 g/mol. The van der Waals surface area contributed by atoms with Crippen LogP contribution in [0.15, 0.2) is 54.7 Å². The lowest BCUT2D eigenvalue weighted by molar-refractivity contribution is -0.140. The van der Waals surface area contributed by atoms with Gasteiger partial charge in [0.15, 0.2) is 12.4 Å². The van der Waals surface area contributed by atoms with Gasteiger partial charge in [0, 0.05) is 16.6 Å². The van der Waals surface area contributed by atoms with Gasteiger partial charge >= 0.3 is 6.18 Å². The Bertz CT molecular complexity index is 1830. The number of nitrogens with one attached hydrogen (secondary N) is 1. The lowest BCUT2D eigenvalue weighted by atomic mass is 10.00. The average Bonchev–Trinajstić information content (AvgIpc) is 3.55. The molecule has 0 fully saturated rings. The van der Waals surface area contributed by atoms with Gasteiger partial charge in [0.1, 0.15) is 21.2 Å². The SMILES string of the molecule is Cc1ccc(-c2cc(C(F)(F)F)nc3sc(C(N)=O)c(NC(=O)c4ccn(COc5cc(C)c(Cl)c(C)c5)n4)c23)cc1. The molecule has 2 amide bonds. The van der Waals surface area contributed by atoms with Crippen molar-refractivity contribution in [1.82, 2.24) is 14.8 Å². The van der Waals surface area contributed by atoms with Crippen LogP contribution in [0, 0.1) is 20.8 Å². The molecule has 0 spiro atoms. The number of carbonyl (C=O) groups excluding carboxylic acids is 2. The van der Waals surface area contributed by atoms with Crippen LogP contribution in [0.5, 0.6) is 5.75 Å². The van der Waals surface area contributed by atoms with Crippen LogP contribution in [-0.2, 0) is 12.9 Å². The topological polar surface area (TPSA) is 112 Å². The van der Waals surface area contributed by atoms with Crippen molar-refractivity contribution in [3.05, 3.63) is 92.7 Å². The Balaban J connectivity index is 1.50. The quantitative estimate of drug-likeness (QED) is 0.203. The van der Waals surface area contributed by atoms with Crippen molar-refractivity contribution in [1.29, 1.82) is 0 Å². The molecule has 0 saturated carbocycles. The van der Waals surface area contributed by atoms with Crippen molar-refractivity contribution in [2.45, 2.75) is 33.7 Å². The van der Waals surface area contributed by atoms with Crippen LogP contribution < -0.4 is 15.8 Å². The van der Waals surface area contributed by atoms with Gasteiger partial charge in [-0.2, -0.15) is 18.3 Å². The molecule has 0 bridgehead atoms. The molecule has 8 nitrogen and oxygen atoms in total. The first-order valence-electron chi connectivity index (χ1n) is 12.5. The molecule has 0 aliphatic carbocycles. The van der Waals surface area contributed by atoms with Gasteiger partial charge in [-0.3, -0.25) is 9.59 Å². The number of alkyl halides is 3. The largest absolute Gasteiger partial charge is 0.471 e. The van der Waals surface area contributed by atoms with E-state index >= 15 is 0 Å². The Morgan fingerprint density at radius 1 is 1.07 bits per heavy atom. The second-order valence-corrected chi connectivity index (χ2v) is 11.0. The molecule has 5 aromatic rings. The Morgan fingerprint density at radius 2 is 1.74 bits per heavy atom. The molecule has 0 aliphatic heterocycles. The summed E-state index contributed by atoms with van der Waals surface area (Å²) < 4.78 is 48.4. The number of fused-ring (bicyclic) bond motifs is 1. The zero-order chi connectivity index (χ0) is 30.3. The third-order valence-corrected chi connectivity index (χ3v) is 8.12. The summed E-state index contributed by atoms with van der Waals surface area (Å²) in [5.41, 5.74) is 7.57. The molecule has 2 aromatic carbocycles. The average molecular weight is 614 g/mol. The lowest BCUT2D eigenvalue weighted by Gasteiger charge is -2.12. The predicted octanol–water partition coefficient (Wildman–Crippen LogP) is 7.14. The monoisotopic (exact) mass is 613 g/mol. The molecule has 0 unspecified atom stereocenters. The third kappa shape index (κ3) is 5.81. The highest BCUT2D eigenvalue weighted by Crippen LogP contribution is 2.43. The number of ether oxygens (including phenoxy) is 1. The Kier molecular flexibility index (Phi) is 7.69. The molecule has 216 valence electrons. The molecule has 3 aromatic heterocycles. The lowest BCUT2D eigenvalue weighted by Crippen LogP contribution is -2.18. The molecule has 0 atom stereocenters. The zero-order valence-corrected chi connectivity index (χ0v) is 24.0. The summed E-state index contributed by atoms with van der Waals surface area (Å²) in [5.74, 6) is -1.06. The second kappa shape index (κ2) is 11.1. The van der Waals surface area contributed by atoms with Gasteiger partial charge in [0.2, 0.25) is 0 Å². The van der Waals surface area contributed by atoms with Crippen LogP contribution in [0.25, 0.3) is 21.3 Å². The van der Waals surface area contributed by atoms with Gasteiger partial charge in [0.25, 0.3) is 11.8 Å². The van der Waals surface area contributed by atoms with E-state index in [1.165, 1.54) is 16.9 Å². The molecule has 0 radical (unpaired) electrons. The number of nitrogens with two attached hydrogens (primary N) is 1. The fourth-order valence-electron chi connectivity index (χ4n) is 4.36. The minimum absolute atomic E-state index is 0.0105. The minimum Gasteiger partial charge on any atom is -0.471 e. The molecular formula is C29H23ClF3N5O3S. The maximum atomic E-state index is 13.8. The first kappa shape index (κ1) is 29.1. The number of aryl methyl sites for hydroxylation is 3. The highest BCUT2D eigenvalue weighted by Gasteiger charge is 2.35. The van der Waals surface area contributed by atoms with Gasteiger partial charge in [-0.15, -0.1) is 11.3 Å². The van der Waals surface area contributed by atoms with Crippen molar-refractivity contribution in [3.63, 3.8) is 0 Å². The number of primary amides is 1. The van der Waals surface area contributed by atoms with Crippen LogP contribution >= 0.6 is 22.9 Å². The Hall–Kier alpha value is -4.42. The van der Waals surface area contributed by atoms with Crippen molar-refractivity contribution < 1.29 is 27.5 Å². The summed E-state index contributed by atoms with van der Waals surface area (Å²) >= 11 is 6.88. The van der Waals surface area contributed by atoms with Crippen LogP contribution in [0.4, 0.5) is 18.9 Å². The predicted molar refractivity (Wildman–Crippen MR) is 155 cm³/mol. The molecule has 13 heteroatoms. The van der Waals surface area contributed by atoms with E-state index in [0.29, 0.717) is 27.7 Å². The molecule has 42 heavy (non-hydrogen) atoms. The summed E-state index contributed by atoms with van der Waals surface area (Å²) in [7, 11) is 0. The summed E-state index contributed by atoms with van der Waals surface area (Å²) in [6.45, 7) is 5.55. The van der Waals surface area contributed by atoms with E-state index in [2.05, 4.69) is 15.4 Å². The van der Waals surface area contributed by atoms with Gasteiger partial charge in [0.05, 0.1) is 5.69 Å². The first-order valence-corrected chi connectivity index (χ1v) is 13.7. The number of hydrogen-bond donors (Lipinski definition) is 2. The summed E-state index contributed by atoms with van der Waals surface area (Å²) in [6, 6.07) is 12.7. The summed E-state index contributed by atoms with van der Waals surface area (Å²) in [5, 5.41) is 7.68. The maximum absolute atomic E-state index is 13.8. The number of pyridine rings is 1. The Labute approximate surface area is 246 Å². The number of carbonyl (C=O) groups is 2. The van der Waals surface area contributed by atoms with E-state index in [9.17, 15) is 22.8 Å². The van der Waals surface area contributed by atoms with Crippen LogP contribution in [0.3, 0.4) is 0 Å². The number of nitrogens with zero attached hydrogens (tertiary/aromatic N) is 3. The maximum Gasteiger partial charge on any atom is 0.433 e. The standard InChI is InChI=1S/C29H23ClF3N5O3S/c1-14-4-6-17(7-5-14)19-12-21(29(31,32)33)35-28-22(19)24(25(42-28)26(34)39)36-27(40)20-8-9-38(37-20)13-41-18-10-15(2)23(30)16(3)11-18/h4-12H,13H2,1-3H3,(H2,34,39)(H,36,40). The molecule has 3 heterocycles. The number of halogens is 4. The fourth-order valence-corrected chi connectivity index (χ4v) is 5.48. The fraction of sp³-hybridized carbons (Fsp3) is 0.172. The third-order valence-electron chi connectivity index (χ3n) is 6.42. The van der Waals surface area contributed by atoms with E-state index in [1.54, 1.807) is 36.4 Å². The number of benzene rings is 2. The zero-order valence-electron chi connectivity index (χ0n) is 22.5. The van der Waals surface area contributed by atoms with Crippen molar-refractivity contribution in [2.75, 3.05) is 5.32 Å². The minimum atomic E-state index is -4.74. The first-order chi connectivity index (χ1) is 19.8.